The minimum Gasteiger partial charge on any atom is -0.490 e. The average Bonchev–Trinajstić information content (AvgIpc) is 2.09. The summed E-state index contributed by atoms with van der Waals surface area (Å²) in [4.78, 5) is 11.3. The molecule has 3 nitrogen and oxygen atoms in total. The second-order valence-electron chi connectivity index (χ2n) is 2.22. The molecule has 1 rings (SSSR count). The molecule has 0 saturated carbocycles. The normalized spacial score (nSPS) is 9.92. The minimum atomic E-state index is -0.166. The molecular weight excluding hydrogens is 224 g/mol. The lowest BCUT2D eigenvalue weighted by Crippen LogP contribution is -2.08. The lowest BCUT2D eigenvalue weighted by molar-refractivity contribution is 0.368. The van der Waals surface area contributed by atoms with Crippen molar-refractivity contribution in [1.29, 1.82) is 0 Å². The predicted octanol–water partition coefficient (Wildman–Crippen LogP) is 1.97. The highest BCUT2D eigenvalue weighted by Gasteiger charge is 2.10. The summed E-state index contributed by atoms with van der Waals surface area (Å²) in [6, 6.07) is 0. The monoisotopic (exact) mass is 232 g/mol. The second-order valence-corrected chi connectivity index (χ2v) is 3.08. The number of aryl methyl sites for hydroxylation is 1. The predicted molar refractivity (Wildman–Crippen MR) is 48.6 cm³/mol. The molecule has 1 aromatic heterocycles. The zero-order chi connectivity index (χ0) is 9.14. The lowest BCUT2D eigenvalue weighted by atomic mass is 10.3. The van der Waals surface area contributed by atoms with Crippen LogP contribution in [-0.2, 0) is 6.42 Å². The van der Waals surface area contributed by atoms with Crippen molar-refractivity contribution in [2.45, 2.75) is 13.3 Å². The van der Waals surface area contributed by atoms with Crippen LogP contribution in [0.3, 0.4) is 0 Å². The molecule has 0 saturated heterocycles. The molecule has 0 unspecified atom stereocenters. The number of methoxy groups -OCH3 is 1. The Hall–Kier alpha value is -0.770. The topological polar surface area (TPSA) is 39.4 Å². The van der Waals surface area contributed by atoms with Gasteiger partial charge in [-0.15, -0.1) is 0 Å². The molecule has 0 atom stereocenters. The van der Waals surface area contributed by atoms with Crippen molar-refractivity contribution in [2.24, 2.45) is 0 Å². The first-order chi connectivity index (χ1) is 5.70. The van der Waals surface area contributed by atoms with Crippen molar-refractivity contribution in [3.05, 3.63) is 26.7 Å². The molecule has 0 bridgehead atoms. The first-order valence-corrected chi connectivity index (χ1v) is 4.34. The highest BCUT2D eigenvalue weighted by molar-refractivity contribution is 9.10. The van der Waals surface area contributed by atoms with E-state index in [1.165, 1.54) is 13.4 Å². The Labute approximate surface area is 78.5 Å². The van der Waals surface area contributed by atoms with Crippen LogP contribution in [0.1, 0.15) is 12.7 Å². The third-order valence-electron chi connectivity index (χ3n) is 1.51. The van der Waals surface area contributed by atoms with Crippen LogP contribution in [-0.4, -0.2) is 7.11 Å². The fraction of sp³-hybridized carbons (Fsp3) is 0.375. The number of halogens is 1. The molecule has 0 spiro atoms. The standard InChI is InChI=1S/C8H9BrO3/c1-3-6-8(11-2)7(10)5(9)4-12-6/h4H,3H2,1-2H3. The number of hydrogen-bond acceptors (Lipinski definition) is 3. The van der Waals surface area contributed by atoms with Gasteiger partial charge in [-0.3, -0.25) is 4.79 Å². The van der Waals surface area contributed by atoms with Crippen LogP contribution in [0.5, 0.6) is 5.75 Å². The SMILES string of the molecule is CCc1occ(Br)c(=O)c1OC. The molecule has 1 aromatic rings. The Morgan fingerprint density at radius 3 is 2.83 bits per heavy atom. The van der Waals surface area contributed by atoms with Crippen LogP contribution in [0.25, 0.3) is 0 Å². The highest BCUT2D eigenvalue weighted by Crippen LogP contribution is 2.16. The van der Waals surface area contributed by atoms with Gasteiger partial charge in [0.15, 0.2) is 0 Å². The zero-order valence-corrected chi connectivity index (χ0v) is 8.47. The van der Waals surface area contributed by atoms with Crippen LogP contribution in [0, 0.1) is 0 Å². The third-order valence-corrected chi connectivity index (χ3v) is 2.05. The minimum absolute atomic E-state index is 0.166. The van der Waals surface area contributed by atoms with Gasteiger partial charge >= 0.3 is 0 Å². The number of hydrogen-bond donors (Lipinski definition) is 0. The average molecular weight is 233 g/mol. The Morgan fingerprint density at radius 1 is 1.67 bits per heavy atom. The van der Waals surface area contributed by atoms with Crippen LogP contribution < -0.4 is 10.2 Å². The molecular formula is C8H9BrO3. The molecule has 0 aromatic carbocycles. The molecule has 0 radical (unpaired) electrons. The van der Waals surface area contributed by atoms with E-state index in [0.717, 1.165) is 0 Å². The van der Waals surface area contributed by atoms with Crippen molar-refractivity contribution < 1.29 is 9.15 Å². The molecule has 1 heterocycles. The maximum absolute atomic E-state index is 11.3. The van der Waals surface area contributed by atoms with E-state index in [-0.39, 0.29) is 11.2 Å². The van der Waals surface area contributed by atoms with Gasteiger partial charge < -0.3 is 9.15 Å². The maximum Gasteiger partial charge on any atom is 0.241 e. The molecule has 0 aliphatic heterocycles. The summed E-state index contributed by atoms with van der Waals surface area (Å²) < 4.78 is 10.4. The quantitative estimate of drug-likeness (QED) is 0.783. The molecule has 0 fully saturated rings. The largest absolute Gasteiger partial charge is 0.490 e. The van der Waals surface area contributed by atoms with Crippen molar-refractivity contribution >= 4 is 15.9 Å². The molecule has 0 amide bonds. The van der Waals surface area contributed by atoms with E-state index < -0.39 is 0 Å². The highest BCUT2D eigenvalue weighted by atomic mass is 79.9. The van der Waals surface area contributed by atoms with Crippen LogP contribution in [0.15, 0.2) is 19.9 Å². The van der Waals surface area contributed by atoms with Gasteiger partial charge in [-0.2, -0.15) is 0 Å². The van der Waals surface area contributed by atoms with E-state index in [2.05, 4.69) is 15.9 Å². The summed E-state index contributed by atoms with van der Waals surface area (Å²) in [6.45, 7) is 1.90. The number of rotatable bonds is 2. The van der Waals surface area contributed by atoms with Crippen LogP contribution in [0.2, 0.25) is 0 Å². The smallest absolute Gasteiger partial charge is 0.241 e. The van der Waals surface area contributed by atoms with Gasteiger partial charge in [-0.25, -0.2) is 0 Å². The van der Waals surface area contributed by atoms with E-state index >= 15 is 0 Å². The summed E-state index contributed by atoms with van der Waals surface area (Å²) in [5.74, 6) is 0.859. The summed E-state index contributed by atoms with van der Waals surface area (Å²) in [7, 11) is 1.46. The Morgan fingerprint density at radius 2 is 2.33 bits per heavy atom. The van der Waals surface area contributed by atoms with Crippen molar-refractivity contribution in [1.82, 2.24) is 0 Å². The van der Waals surface area contributed by atoms with Crippen LogP contribution >= 0.6 is 15.9 Å². The van der Waals surface area contributed by atoms with Gasteiger partial charge in [-0.05, 0) is 15.9 Å². The van der Waals surface area contributed by atoms with Crippen molar-refractivity contribution in [3.63, 3.8) is 0 Å². The summed E-state index contributed by atoms with van der Waals surface area (Å²) in [5.41, 5.74) is -0.166. The van der Waals surface area contributed by atoms with E-state index in [4.69, 9.17) is 9.15 Å². The Balaban J connectivity index is 3.36. The van der Waals surface area contributed by atoms with Crippen molar-refractivity contribution in [2.75, 3.05) is 7.11 Å². The maximum atomic E-state index is 11.3. The molecule has 0 N–H and O–H groups in total. The summed E-state index contributed by atoms with van der Waals surface area (Å²) in [5, 5.41) is 0. The fourth-order valence-corrected chi connectivity index (χ4v) is 1.19. The van der Waals surface area contributed by atoms with Crippen molar-refractivity contribution in [3.8, 4) is 5.75 Å². The van der Waals surface area contributed by atoms with E-state index in [9.17, 15) is 4.79 Å². The van der Waals surface area contributed by atoms with E-state index in [1.807, 2.05) is 6.92 Å². The molecule has 66 valence electrons. The zero-order valence-electron chi connectivity index (χ0n) is 6.89. The third kappa shape index (κ3) is 1.53. The molecule has 12 heavy (non-hydrogen) atoms. The van der Waals surface area contributed by atoms with Gasteiger partial charge in [0.05, 0.1) is 7.11 Å². The number of ether oxygens (including phenoxy) is 1. The molecule has 4 heteroatoms. The van der Waals surface area contributed by atoms with Gasteiger partial charge in [0.1, 0.15) is 16.5 Å². The first-order valence-electron chi connectivity index (χ1n) is 3.54. The second kappa shape index (κ2) is 3.76. The summed E-state index contributed by atoms with van der Waals surface area (Å²) in [6.07, 6.45) is 2.02. The molecule has 0 aliphatic rings. The Bertz CT molecular complexity index is 330. The molecule has 0 aliphatic carbocycles. The first kappa shape index (κ1) is 9.32. The van der Waals surface area contributed by atoms with Gasteiger partial charge in [0.2, 0.25) is 11.2 Å². The van der Waals surface area contributed by atoms with Crippen LogP contribution in [0.4, 0.5) is 0 Å². The van der Waals surface area contributed by atoms with E-state index in [1.54, 1.807) is 0 Å². The van der Waals surface area contributed by atoms with E-state index in [0.29, 0.717) is 16.7 Å². The summed E-state index contributed by atoms with van der Waals surface area (Å²) >= 11 is 3.06. The fourth-order valence-electron chi connectivity index (χ4n) is 0.915. The van der Waals surface area contributed by atoms with Gasteiger partial charge in [0.25, 0.3) is 0 Å². The Kier molecular flexibility index (Phi) is 2.92. The van der Waals surface area contributed by atoms with Gasteiger partial charge in [0, 0.05) is 6.42 Å². The van der Waals surface area contributed by atoms with Gasteiger partial charge in [-0.1, -0.05) is 6.92 Å². The lowest BCUT2D eigenvalue weighted by Gasteiger charge is -2.03.